The molecule has 0 fully saturated rings. The molecule has 2 rings (SSSR count). The van der Waals surface area contributed by atoms with Gasteiger partial charge in [0, 0.05) is 12.0 Å². The van der Waals surface area contributed by atoms with Gasteiger partial charge in [-0.15, -0.1) is 10.1 Å². The van der Waals surface area contributed by atoms with Crippen LogP contribution in [-0.4, -0.2) is 49.5 Å². The molecule has 0 N–H and O–H groups in total. The van der Waals surface area contributed by atoms with Crippen molar-refractivity contribution in [1.29, 1.82) is 0 Å². The number of ether oxygens (including phenoxy) is 4. The molecule has 1 aromatic rings. The molecule has 0 aromatic heterocycles. The fourth-order valence-corrected chi connectivity index (χ4v) is 3.45. The smallest absolute Gasteiger partial charge is 0.475 e. The van der Waals surface area contributed by atoms with Gasteiger partial charge in [0.2, 0.25) is 12.9 Å². The molecule has 0 radical (unpaired) electrons. The second-order valence-corrected chi connectivity index (χ2v) is 9.38. The molecular weight excluding hydrogens is 546 g/mol. The highest BCUT2D eigenvalue weighted by Gasteiger charge is 2.65. The third-order valence-electron chi connectivity index (χ3n) is 4.16. The summed E-state index contributed by atoms with van der Waals surface area (Å²) in [7, 11) is -10.2. The van der Waals surface area contributed by atoms with Crippen LogP contribution in [0.5, 0.6) is 5.75 Å². The number of aryl methyl sites for hydroxylation is 1. The maximum atomic E-state index is 13.4. The maximum Gasteiger partial charge on any atom is 0.511 e. The summed E-state index contributed by atoms with van der Waals surface area (Å²) in [6, 6.07) is -0.242. The normalized spacial score (nSPS) is 17.4. The van der Waals surface area contributed by atoms with E-state index in [2.05, 4.69) is 23.8 Å². The van der Waals surface area contributed by atoms with Crippen LogP contribution in [-0.2, 0) is 23.8 Å². The molecular formula is C17H15F8NO9S. The molecule has 36 heavy (non-hydrogen) atoms. The van der Waals surface area contributed by atoms with Crippen LogP contribution in [0.1, 0.15) is 17.5 Å². The number of carbonyl (C=O) groups is 2. The molecule has 1 aromatic carbocycles. The third kappa shape index (κ3) is 7.75. The predicted molar refractivity (Wildman–Crippen MR) is 102 cm³/mol. The number of nitrogens with zero attached hydrogens (tertiary/aromatic N) is 1. The lowest BCUT2D eigenvalue weighted by molar-refractivity contribution is -0.757. The van der Waals surface area contributed by atoms with E-state index in [0.29, 0.717) is 0 Å². The third-order valence-corrected chi connectivity index (χ3v) is 5.28. The van der Waals surface area contributed by atoms with Crippen molar-refractivity contribution < 1.29 is 71.1 Å². The highest BCUT2D eigenvalue weighted by molar-refractivity contribution is 8.45. The summed E-state index contributed by atoms with van der Waals surface area (Å²) < 4.78 is 124. The Kier molecular flexibility index (Phi) is 7.32. The second-order valence-electron chi connectivity index (χ2n) is 6.97. The van der Waals surface area contributed by atoms with Gasteiger partial charge in [-0.05, 0) is 30.7 Å². The average Bonchev–Trinajstić information content (AvgIpc) is 2.69. The van der Waals surface area contributed by atoms with E-state index in [9.17, 15) is 52.3 Å². The summed E-state index contributed by atoms with van der Waals surface area (Å²) in [5, 5.41) is 8.82. The molecule has 1 aliphatic rings. The van der Waals surface area contributed by atoms with Crippen molar-refractivity contribution in [3.05, 3.63) is 38.9 Å². The molecule has 0 unspecified atom stereocenters. The molecule has 1 aliphatic heterocycles. The summed E-state index contributed by atoms with van der Waals surface area (Å²) in [6.45, 7) is -1.39. The first-order chi connectivity index (χ1) is 16.2. The van der Waals surface area contributed by atoms with Crippen LogP contribution in [0.3, 0.4) is 0 Å². The zero-order valence-corrected chi connectivity index (χ0v) is 18.5. The number of carbonyl (C=O) groups excluding carboxylic acids is 2. The van der Waals surface area contributed by atoms with Crippen molar-refractivity contribution in [3.63, 3.8) is 0 Å². The molecule has 0 amide bonds. The van der Waals surface area contributed by atoms with Gasteiger partial charge in [-0.1, -0.05) is 19.4 Å². The molecule has 1 atom stereocenters. The lowest BCUT2D eigenvalue weighted by Gasteiger charge is -2.41. The summed E-state index contributed by atoms with van der Waals surface area (Å²) in [5.74, 6) is -2.68. The Bertz CT molecular complexity index is 1090. The highest BCUT2D eigenvalue weighted by Crippen LogP contribution is 3.02. The van der Waals surface area contributed by atoms with E-state index < -0.39 is 87.1 Å². The Labute approximate surface area is 195 Å². The summed E-state index contributed by atoms with van der Waals surface area (Å²) >= 11 is 0. The number of hydrogen-bond acceptors (Lipinski definition) is 9. The summed E-state index contributed by atoms with van der Waals surface area (Å²) in [5.41, 5.74) is -3.02. The number of benzene rings is 1. The molecule has 0 bridgehead atoms. The lowest BCUT2D eigenvalue weighted by atomic mass is 9.99. The van der Waals surface area contributed by atoms with Crippen LogP contribution in [0.25, 0.3) is 6.08 Å². The maximum absolute atomic E-state index is 13.4. The van der Waals surface area contributed by atoms with Gasteiger partial charge in [-0.25, -0.2) is 9.59 Å². The number of alkyl halides is 3. The van der Waals surface area contributed by atoms with E-state index in [4.69, 9.17) is 0 Å². The van der Waals surface area contributed by atoms with Gasteiger partial charge in [0.1, 0.15) is 10.6 Å². The molecule has 10 nitrogen and oxygen atoms in total. The Hall–Kier alpha value is -3.51. The van der Waals surface area contributed by atoms with E-state index in [-0.39, 0.29) is 24.6 Å². The van der Waals surface area contributed by atoms with Crippen molar-refractivity contribution in [2.75, 3.05) is 20.0 Å². The first-order valence-electron chi connectivity index (χ1n) is 9.26. The molecule has 19 heteroatoms. The fourth-order valence-electron chi connectivity index (χ4n) is 2.70. The van der Waals surface area contributed by atoms with Gasteiger partial charge in [0.25, 0.3) is 5.09 Å². The summed E-state index contributed by atoms with van der Waals surface area (Å²) in [6.07, 6.45) is -9.73. The first kappa shape index (κ1) is 28.7. The van der Waals surface area contributed by atoms with Crippen LogP contribution in [0.4, 0.5) is 37.4 Å². The molecule has 1 heterocycles. The minimum absolute atomic E-state index is 0.0754. The molecule has 0 saturated heterocycles. The zero-order valence-electron chi connectivity index (χ0n) is 17.7. The van der Waals surface area contributed by atoms with Gasteiger partial charge in [-0.3, -0.25) is 0 Å². The van der Waals surface area contributed by atoms with Crippen molar-refractivity contribution in [2.24, 2.45) is 0 Å². The predicted octanol–water partition coefficient (Wildman–Crippen LogP) is 5.61. The SMILES string of the molecule is Cc1cc(S(F)(F)(F)(F)F)cc2c1O[C@H](C(F)(F)F)C(C(=O)OCOC(=O)OCCCO[N+](=O)[O-])=C2. The molecule has 0 saturated carbocycles. The van der Waals surface area contributed by atoms with Crippen LogP contribution in [0.2, 0.25) is 0 Å². The summed E-state index contributed by atoms with van der Waals surface area (Å²) in [4.78, 5) is 34.9. The zero-order chi connectivity index (χ0) is 27.6. The minimum atomic E-state index is -10.2. The molecule has 0 spiro atoms. The van der Waals surface area contributed by atoms with E-state index in [1.807, 2.05) is 0 Å². The largest absolute Gasteiger partial charge is 0.511 e. The Morgan fingerprint density at radius 2 is 1.72 bits per heavy atom. The number of rotatable bonds is 9. The van der Waals surface area contributed by atoms with Crippen molar-refractivity contribution in [3.8, 4) is 5.75 Å². The quantitative estimate of drug-likeness (QED) is 0.0945. The van der Waals surface area contributed by atoms with Crippen LogP contribution < -0.4 is 4.74 Å². The van der Waals surface area contributed by atoms with E-state index >= 15 is 0 Å². The molecule has 0 aliphatic carbocycles. The van der Waals surface area contributed by atoms with Gasteiger partial charge < -0.3 is 23.8 Å². The number of fused-ring (bicyclic) bond motifs is 1. The Balaban J connectivity index is 2.17. The fraction of sp³-hybridized carbons (Fsp3) is 0.412. The first-order valence-corrected chi connectivity index (χ1v) is 11.2. The topological polar surface area (TPSA) is 123 Å². The van der Waals surface area contributed by atoms with Crippen molar-refractivity contribution >= 4 is 28.4 Å². The number of esters is 1. The lowest BCUT2D eigenvalue weighted by Crippen LogP contribution is -2.41. The van der Waals surface area contributed by atoms with E-state index in [1.165, 1.54) is 0 Å². The van der Waals surface area contributed by atoms with E-state index in [1.54, 1.807) is 0 Å². The molecule has 204 valence electrons. The van der Waals surface area contributed by atoms with Crippen molar-refractivity contribution in [1.82, 2.24) is 0 Å². The monoisotopic (exact) mass is 561 g/mol. The number of hydrogen-bond donors (Lipinski definition) is 0. The Morgan fingerprint density at radius 1 is 1.08 bits per heavy atom. The number of halogens is 8. The Morgan fingerprint density at radius 3 is 2.28 bits per heavy atom. The van der Waals surface area contributed by atoms with Crippen molar-refractivity contribution in [2.45, 2.75) is 30.5 Å². The van der Waals surface area contributed by atoms with Gasteiger partial charge >= 0.3 is 28.5 Å². The van der Waals surface area contributed by atoms with Crippen LogP contribution in [0.15, 0.2) is 22.6 Å². The highest BCUT2D eigenvalue weighted by atomic mass is 32.5. The standard InChI is InChI=1S/C17H15F8NO9S/c1-9-5-11(36(21,22,23,24)25)6-10-7-12(14(17(18,19)20)35-13(9)10)15(27)32-8-33-16(28)31-3-2-4-34-26(29)30/h5-7,14H,2-4,8H2,1H3/t14-/m0/s1. The van der Waals surface area contributed by atoms with Gasteiger partial charge in [0.15, 0.2) is 0 Å². The van der Waals surface area contributed by atoms with Gasteiger partial charge in [0.05, 0.1) is 18.8 Å². The van der Waals surface area contributed by atoms with Crippen LogP contribution >= 0.6 is 10.2 Å². The second kappa shape index (κ2) is 9.17. The van der Waals surface area contributed by atoms with Crippen LogP contribution in [0, 0.1) is 17.0 Å². The average molecular weight is 561 g/mol. The van der Waals surface area contributed by atoms with Gasteiger partial charge in [-0.2, -0.15) is 13.2 Å². The minimum Gasteiger partial charge on any atom is -0.475 e. The van der Waals surface area contributed by atoms with E-state index in [0.717, 1.165) is 6.92 Å².